The Bertz CT molecular complexity index is 920. The molecule has 2 aliphatic rings. The van der Waals surface area contributed by atoms with Crippen molar-refractivity contribution in [1.29, 1.82) is 0 Å². The molecule has 0 aliphatic heterocycles. The van der Waals surface area contributed by atoms with Gasteiger partial charge in [0.15, 0.2) is 0 Å². The molecule has 25 heavy (non-hydrogen) atoms. The maximum Gasteiger partial charge on any atom is 0.134 e. The zero-order chi connectivity index (χ0) is 17.4. The van der Waals surface area contributed by atoms with Gasteiger partial charge in [-0.2, -0.15) is 0 Å². The summed E-state index contributed by atoms with van der Waals surface area (Å²) in [6.07, 6.45) is 11.1. The molecule has 2 aromatic carbocycles. The Hall–Kier alpha value is -2.74. The first-order chi connectivity index (χ1) is 12.1. The highest BCUT2D eigenvalue weighted by atomic mass is 19.1. The van der Waals surface area contributed by atoms with Crippen LogP contribution in [0.2, 0.25) is 0 Å². The fourth-order valence-electron chi connectivity index (χ4n) is 3.65. The van der Waals surface area contributed by atoms with Crippen molar-refractivity contribution in [2.24, 2.45) is 0 Å². The summed E-state index contributed by atoms with van der Waals surface area (Å²) in [5.74, 6) is -1.06. The van der Waals surface area contributed by atoms with Crippen LogP contribution in [0.1, 0.15) is 24.8 Å². The van der Waals surface area contributed by atoms with Gasteiger partial charge >= 0.3 is 0 Å². The Balaban J connectivity index is 1.79. The Labute approximate surface area is 146 Å². The Kier molecular flexibility index (Phi) is 3.96. The van der Waals surface area contributed by atoms with Gasteiger partial charge in [0, 0.05) is 5.92 Å². The number of benzene rings is 2. The van der Waals surface area contributed by atoms with E-state index in [0.717, 1.165) is 17.6 Å². The summed E-state index contributed by atoms with van der Waals surface area (Å²) in [7, 11) is 0. The van der Waals surface area contributed by atoms with Crippen molar-refractivity contribution in [1.82, 2.24) is 0 Å². The summed E-state index contributed by atoms with van der Waals surface area (Å²) in [4.78, 5) is 0. The summed E-state index contributed by atoms with van der Waals surface area (Å²) in [6.45, 7) is 2.04. The van der Waals surface area contributed by atoms with Crippen molar-refractivity contribution >= 4 is 0 Å². The van der Waals surface area contributed by atoms with Crippen molar-refractivity contribution in [3.8, 4) is 11.1 Å². The molecule has 0 saturated heterocycles. The largest absolute Gasteiger partial charge is 0.206 e. The second-order valence-electron chi connectivity index (χ2n) is 6.55. The highest BCUT2D eigenvalue weighted by Crippen LogP contribution is 2.41. The van der Waals surface area contributed by atoms with Crippen LogP contribution < -0.4 is 0 Å². The molecule has 0 radical (unpaired) electrons. The lowest BCUT2D eigenvalue weighted by atomic mass is 9.85. The monoisotopic (exact) mass is 332 g/mol. The van der Waals surface area contributed by atoms with Crippen LogP contribution in [0.4, 0.5) is 8.78 Å². The van der Waals surface area contributed by atoms with Crippen molar-refractivity contribution in [2.75, 3.05) is 0 Å². The van der Waals surface area contributed by atoms with E-state index in [-0.39, 0.29) is 11.5 Å². The van der Waals surface area contributed by atoms with Crippen LogP contribution in [0, 0.1) is 11.6 Å². The first kappa shape index (κ1) is 15.8. The molecule has 0 heterocycles. The third-order valence-corrected chi connectivity index (χ3v) is 4.79. The molecule has 0 nitrogen and oxygen atoms in total. The number of rotatable bonds is 2. The van der Waals surface area contributed by atoms with E-state index in [1.807, 2.05) is 19.1 Å². The van der Waals surface area contributed by atoms with E-state index in [9.17, 15) is 8.78 Å². The molecule has 1 unspecified atom stereocenters. The molecule has 0 amide bonds. The van der Waals surface area contributed by atoms with Crippen LogP contribution in [0.25, 0.3) is 11.1 Å². The molecule has 2 aliphatic carbocycles. The van der Waals surface area contributed by atoms with Crippen molar-refractivity contribution in [2.45, 2.75) is 19.3 Å². The maximum atomic E-state index is 14.8. The van der Waals surface area contributed by atoms with Gasteiger partial charge in [-0.15, -0.1) is 0 Å². The predicted molar refractivity (Wildman–Crippen MR) is 98.2 cm³/mol. The normalized spacial score (nSPS) is 19.0. The summed E-state index contributed by atoms with van der Waals surface area (Å²) in [5, 5.41) is 0. The SMILES string of the molecule is CC1=CC2=CC=CCC(c3cc(F)c(-c4ccccc4)c(F)c3)C2=C1. The van der Waals surface area contributed by atoms with Gasteiger partial charge in [0.1, 0.15) is 11.6 Å². The van der Waals surface area contributed by atoms with Crippen molar-refractivity contribution in [3.63, 3.8) is 0 Å². The minimum absolute atomic E-state index is 0.0347. The first-order valence-electron chi connectivity index (χ1n) is 8.45. The van der Waals surface area contributed by atoms with Crippen molar-refractivity contribution in [3.05, 3.63) is 107 Å². The minimum Gasteiger partial charge on any atom is -0.206 e. The zero-order valence-corrected chi connectivity index (χ0v) is 14.0. The number of hydrogen-bond donors (Lipinski definition) is 0. The lowest BCUT2D eigenvalue weighted by molar-refractivity contribution is 0.583. The van der Waals surface area contributed by atoms with E-state index >= 15 is 0 Å². The van der Waals surface area contributed by atoms with Crippen molar-refractivity contribution < 1.29 is 8.78 Å². The Morgan fingerprint density at radius 2 is 1.68 bits per heavy atom. The van der Waals surface area contributed by atoms with Crippen LogP contribution in [0.15, 0.2) is 89.6 Å². The predicted octanol–water partition coefficient (Wildman–Crippen LogP) is 6.49. The quantitative estimate of drug-likeness (QED) is 0.590. The van der Waals surface area contributed by atoms with Gasteiger partial charge in [-0.1, -0.05) is 66.3 Å². The van der Waals surface area contributed by atoms with Crippen LogP contribution >= 0.6 is 0 Å². The van der Waals surface area contributed by atoms with E-state index in [1.165, 1.54) is 17.7 Å². The second-order valence-corrected chi connectivity index (χ2v) is 6.55. The third kappa shape index (κ3) is 2.89. The number of halogens is 2. The van der Waals surface area contributed by atoms with Gasteiger partial charge in [-0.05, 0) is 47.8 Å². The molecular formula is C23H18F2. The minimum atomic E-state index is -0.511. The molecule has 124 valence electrons. The van der Waals surface area contributed by atoms with Crippen LogP contribution in [0.5, 0.6) is 0 Å². The fraction of sp³-hybridized carbons (Fsp3) is 0.130. The van der Waals surface area contributed by atoms with Crippen LogP contribution in [-0.2, 0) is 0 Å². The van der Waals surface area contributed by atoms with Gasteiger partial charge in [-0.3, -0.25) is 0 Å². The summed E-state index contributed by atoms with van der Waals surface area (Å²) < 4.78 is 29.5. The zero-order valence-electron chi connectivity index (χ0n) is 14.0. The van der Waals surface area contributed by atoms with E-state index in [4.69, 9.17) is 0 Å². The molecule has 1 atom stereocenters. The molecule has 0 N–H and O–H groups in total. The standard InChI is InChI=1S/C23H18F2/c1-15-11-17-9-5-6-10-19(20(17)12-15)18-13-21(24)23(22(25)14-18)16-7-3-2-4-8-16/h2-9,11-14,19H,10H2,1H3. The molecule has 2 aromatic rings. The molecule has 0 fully saturated rings. The maximum absolute atomic E-state index is 14.8. The molecule has 0 spiro atoms. The highest BCUT2D eigenvalue weighted by molar-refractivity contribution is 5.66. The smallest absolute Gasteiger partial charge is 0.134 e. The highest BCUT2D eigenvalue weighted by Gasteiger charge is 2.25. The molecule has 2 heteroatoms. The average molecular weight is 332 g/mol. The average Bonchev–Trinajstić information content (AvgIpc) is 2.84. The molecule has 0 saturated carbocycles. The third-order valence-electron chi connectivity index (χ3n) is 4.79. The lowest BCUT2D eigenvalue weighted by Gasteiger charge is -2.19. The summed E-state index contributed by atoms with van der Waals surface area (Å²) in [5.41, 5.74) is 4.71. The van der Waals surface area contributed by atoms with Gasteiger partial charge in [0.2, 0.25) is 0 Å². The Morgan fingerprint density at radius 1 is 0.960 bits per heavy atom. The second kappa shape index (κ2) is 6.29. The summed E-state index contributed by atoms with van der Waals surface area (Å²) in [6, 6.07) is 11.8. The van der Waals surface area contributed by atoms with E-state index in [1.54, 1.807) is 24.3 Å². The van der Waals surface area contributed by atoms with Gasteiger partial charge in [0.25, 0.3) is 0 Å². The lowest BCUT2D eigenvalue weighted by Crippen LogP contribution is -2.04. The molecule has 4 rings (SSSR count). The van der Waals surface area contributed by atoms with Crippen LogP contribution in [0.3, 0.4) is 0 Å². The van der Waals surface area contributed by atoms with E-state index < -0.39 is 11.6 Å². The van der Waals surface area contributed by atoms with E-state index in [0.29, 0.717) is 11.1 Å². The number of hydrogen-bond acceptors (Lipinski definition) is 0. The Morgan fingerprint density at radius 3 is 2.40 bits per heavy atom. The van der Waals surface area contributed by atoms with Gasteiger partial charge in [-0.25, -0.2) is 8.78 Å². The van der Waals surface area contributed by atoms with Gasteiger partial charge in [0.05, 0.1) is 5.56 Å². The fourth-order valence-corrected chi connectivity index (χ4v) is 3.65. The molecule has 0 bridgehead atoms. The molecule has 0 aromatic heterocycles. The first-order valence-corrected chi connectivity index (χ1v) is 8.45. The molecular weight excluding hydrogens is 314 g/mol. The number of allylic oxidation sites excluding steroid dienone is 8. The van der Waals surface area contributed by atoms with Gasteiger partial charge < -0.3 is 0 Å². The topological polar surface area (TPSA) is 0 Å². The van der Waals surface area contributed by atoms with E-state index in [2.05, 4.69) is 24.3 Å². The van der Waals surface area contributed by atoms with Crippen LogP contribution in [-0.4, -0.2) is 0 Å². The summed E-state index contributed by atoms with van der Waals surface area (Å²) >= 11 is 0. The number of fused-ring (bicyclic) bond motifs is 1.